The van der Waals surface area contributed by atoms with Crippen LogP contribution >= 0.6 is 11.8 Å². The maximum Gasteiger partial charge on any atom is 0.234 e. The van der Waals surface area contributed by atoms with E-state index in [1.165, 1.54) is 11.8 Å². The molecule has 126 valence electrons. The first-order chi connectivity index (χ1) is 11.6. The monoisotopic (exact) mass is 346 g/mol. The van der Waals surface area contributed by atoms with Gasteiger partial charge in [-0.05, 0) is 19.1 Å². The predicted molar refractivity (Wildman–Crippen MR) is 92.1 cm³/mol. The topological polar surface area (TPSA) is 89.1 Å². The second kappa shape index (κ2) is 8.26. The van der Waals surface area contributed by atoms with Gasteiger partial charge in [-0.3, -0.25) is 9.89 Å². The van der Waals surface area contributed by atoms with Crippen molar-refractivity contribution in [2.45, 2.75) is 17.3 Å². The van der Waals surface area contributed by atoms with Gasteiger partial charge in [0.15, 0.2) is 5.82 Å². The largest absolute Gasteiger partial charge is 0.497 e. The summed E-state index contributed by atoms with van der Waals surface area (Å²) in [5.41, 5.74) is 0.752. The molecule has 0 fully saturated rings. The van der Waals surface area contributed by atoms with E-state index >= 15 is 0 Å². The van der Waals surface area contributed by atoms with Gasteiger partial charge in [-0.15, -0.1) is 11.5 Å². The van der Waals surface area contributed by atoms with Crippen molar-refractivity contribution in [3.63, 3.8) is 0 Å². The second-order valence-corrected chi connectivity index (χ2v) is 6.02. The number of H-pyrrole nitrogens is 1. The van der Waals surface area contributed by atoms with Gasteiger partial charge in [0.1, 0.15) is 11.5 Å². The molecule has 2 N–H and O–H groups in total. The van der Waals surface area contributed by atoms with Gasteiger partial charge < -0.3 is 14.8 Å². The van der Waals surface area contributed by atoms with Crippen LogP contribution in [0.4, 0.5) is 0 Å². The zero-order chi connectivity index (χ0) is 17.5. The SMILES string of the molecule is C#CCNC(=O)[C@H](C)Sc1n[nH]c(-c2ccc(OC)cc2OC)n1. The number of nitrogens with zero attached hydrogens (tertiary/aromatic N) is 2. The Hall–Kier alpha value is -2.66. The van der Waals surface area contributed by atoms with E-state index in [4.69, 9.17) is 15.9 Å². The Morgan fingerprint density at radius 1 is 1.46 bits per heavy atom. The number of rotatable bonds is 7. The molecule has 0 unspecified atom stereocenters. The predicted octanol–water partition coefficient (Wildman–Crippen LogP) is 1.72. The Morgan fingerprint density at radius 2 is 2.25 bits per heavy atom. The Kier molecular flexibility index (Phi) is 6.09. The van der Waals surface area contributed by atoms with Crippen molar-refractivity contribution in [1.82, 2.24) is 20.5 Å². The van der Waals surface area contributed by atoms with Crippen molar-refractivity contribution in [2.75, 3.05) is 20.8 Å². The van der Waals surface area contributed by atoms with Crippen molar-refractivity contribution in [2.24, 2.45) is 0 Å². The molecule has 0 radical (unpaired) electrons. The highest BCUT2D eigenvalue weighted by molar-refractivity contribution is 8.00. The van der Waals surface area contributed by atoms with E-state index in [1.807, 2.05) is 12.1 Å². The number of carbonyl (C=O) groups is 1. The molecule has 0 spiro atoms. The van der Waals surface area contributed by atoms with E-state index in [2.05, 4.69) is 26.4 Å². The number of benzene rings is 1. The van der Waals surface area contributed by atoms with Crippen molar-refractivity contribution in [3.8, 4) is 35.2 Å². The van der Waals surface area contributed by atoms with Crippen molar-refractivity contribution >= 4 is 17.7 Å². The van der Waals surface area contributed by atoms with E-state index in [1.54, 1.807) is 27.2 Å². The Balaban J connectivity index is 2.13. The molecular formula is C16H18N4O3S. The molecule has 1 aromatic carbocycles. The van der Waals surface area contributed by atoms with Gasteiger partial charge >= 0.3 is 0 Å². The minimum Gasteiger partial charge on any atom is -0.497 e. The molecule has 0 aliphatic rings. The minimum atomic E-state index is -0.361. The number of amides is 1. The third-order valence-electron chi connectivity index (χ3n) is 3.14. The second-order valence-electron chi connectivity index (χ2n) is 4.71. The number of nitrogens with one attached hydrogen (secondary N) is 2. The van der Waals surface area contributed by atoms with Gasteiger partial charge in [-0.2, -0.15) is 0 Å². The van der Waals surface area contributed by atoms with Crippen molar-refractivity contribution in [3.05, 3.63) is 18.2 Å². The molecule has 2 aromatic rings. The van der Waals surface area contributed by atoms with E-state index in [9.17, 15) is 4.79 Å². The molecular weight excluding hydrogens is 328 g/mol. The van der Waals surface area contributed by atoms with Crippen LogP contribution in [0.3, 0.4) is 0 Å². The number of carbonyl (C=O) groups excluding carboxylic acids is 1. The van der Waals surface area contributed by atoms with Crippen LogP contribution in [0, 0.1) is 12.3 Å². The molecule has 0 aliphatic heterocycles. The van der Waals surface area contributed by atoms with Crippen LogP contribution in [0.2, 0.25) is 0 Å². The van der Waals surface area contributed by atoms with E-state index in [-0.39, 0.29) is 17.7 Å². The molecule has 1 aromatic heterocycles. The van der Waals surface area contributed by atoms with Crippen LogP contribution < -0.4 is 14.8 Å². The fourth-order valence-corrected chi connectivity index (χ4v) is 2.66. The highest BCUT2D eigenvalue weighted by Gasteiger charge is 2.18. The fraction of sp³-hybridized carbons (Fsp3) is 0.312. The summed E-state index contributed by atoms with van der Waals surface area (Å²) in [5, 5.41) is 9.72. The van der Waals surface area contributed by atoms with Gasteiger partial charge in [-0.25, -0.2) is 4.98 Å². The molecule has 0 saturated carbocycles. The highest BCUT2D eigenvalue weighted by Crippen LogP contribution is 2.32. The summed E-state index contributed by atoms with van der Waals surface area (Å²) in [4.78, 5) is 16.2. The summed E-state index contributed by atoms with van der Waals surface area (Å²) >= 11 is 1.24. The summed E-state index contributed by atoms with van der Waals surface area (Å²) in [6, 6.07) is 5.40. The van der Waals surface area contributed by atoms with Crippen LogP contribution in [0.25, 0.3) is 11.4 Å². The van der Waals surface area contributed by atoms with Crippen molar-refractivity contribution in [1.29, 1.82) is 0 Å². The number of hydrogen-bond acceptors (Lipinski definition) is 6. The van der Waals surface area contributed by atoms with Crippen LogP contribution in [0.5, 0.6) is 11.5 Å². The van der Waals surface area contributed by atoms with E-state index in [0.29, 0.717) is 22.5 Å². The first-order valence-electron chi connectivity index (χ1n) is 7.11. The lowest BCUT2D eigenvalue weighted by Gasteiger charge is -2.08. The van der Waals surface area contributed by atoms with E-state index in [0.717, 1.165) is 5.56 Å². The highest BCUT2D eigenvalue weighted by atomic mass is 32.2. The maximum absolute atomic E-state index is 11.8. The molecule has 1 atom stereocenters. The molecule has 2 rings (SSSR count). The van der Waals surface area contributed by atoms with Crippen LogP contribution in [0.1, 0.15) is 6.92 Å². The number of terminal acetylenes is 1. The first-order valence-corrected chi connectivity index (χ1v) is 7.99. The molecule has 0 bridgehead atoms. The van der Waals surface area contributed by atoms with Gasteiger partial charge in [0.25, 0.3) is 0 Å². The molecule has 24 heavy (non-hydrogen) atoms. The number of aromatic amines is 1. The molecule has 8 heteroatoms. The number of thioether (sulfide) groups is 1. The lowest BCUT2D eigenvalue weighted by molar-refractivity contribution is -0.120. The minimum absolute atomic E-state index is 0.161. The van der Waals surface area contributed by atoms with Gasteiger partial charge in [-0.1, -0.05) is 17.7 Å². The summed E-state index contributed by atoms with van der Waals surface area (Å²) in [6.07, 6.45) is 5.12. The first kappa shape index (κ1) is 17.7. The van der Waals surface area contributed by atoms with Crippen LogP contribution in [-0.4, -0.2) is 47.1 Å². The third-order valence-corrected chi connectivity index (χ3v) is 4.11. The molecule has 1 heterocycles. The van der Waals surface area contributed by atoms with E-state index < -0.39 is 0 Å². The Bertz CT molecular complexity index is 754. The molecule has 7 nitrogen and oxygen atoms in total. The summed E-state index contributed by atoms with van der Waals surface area (Å²) in [7, 11) is 3.16. The van der Waals surface area contributed by atoms with Gasteiger partial charge in [0.2, 0.25) is 11.1 Å². The van der Waals surface area contributed by atoms with Crippen LogP contribution in [-0.2, 0) is 4.79 Å². The lowest BCUT2D eigenvalue weighted by Crippen LogP contribution is -2.31. The third kappa shape index (κ3) is 4.20. The number of ether oxygens (including phenoxy) is 2. The summed E-state index contributed by atoms with van der Waals surface area (Å²) < 4.78 is 10.5. The number of hydrogen-bond donors (Lipinski definition) is 2. The summed E-state index contributed by atoms with van der Waals surface area (Å²) in [5.74, 6) is 4.05. The van der Waals surface area contributed by atoms with Crippen molar-refractivity contribution < 1.29 is 14.3 Å². The lowest BCUT2D eigenvalue weighted by atomic mass is 10.2. The average molecular weight is 346 g/mol. The standard InChI is InChI=1S/C16H18N4O3S/c1-5-8-17-15(21)10(2)24-16-18-14(19-20-16)12-7-6-11(22-3)9-13(12)23-4/h1,6-7,9-10H,8H2,2-4H3,(H,17,21)(H,18,19,20)/t10-/m0/s1. The molecule has 1 amide bonds. The van der Waals surface area contributed by atoms with Gasteiger partial charge in [0.05, 0.1) is 31.6 Å². The average Bonchev–Trinajstić information content (AvgIpc) is 3.07. The maximum atomic E-state index is 11.8. The molecule has 0 aliphatic carbocycles. The number of methoxy groups -OCH3 is 2. The van der Waals surface area contributed by atoms with Crippen LogP contribution in [0.15, 0.2) is 23.4 Å². The van der Waals surface area contributed by atoms with Gasteiger partial charge in [0, 0.05) is 6.07 Å². The summed E-state index contributed by atoms with van der Waals surface area (Å²) in [6.45, 7) is 1.96. The smallest absolute Gasteiger partial charge is 0.234 e. The Morgan fingerprint density at radius 3 is 2.92 bits per heavy atom. The fourth-order valence-electron chi connectivity index (χ4n) is 1.91. The zero-order valence-corrected chi connectivity index (χ0v) is 14.4. The zero-order valence-electron chi connectivity index (χ0n) is 13.6. The quantitative estimate of drug-likeness (QED) is 0.586. The molecule has 0 saturated heterocycles. The Labute approximate surface area is 144 Å². The normalized spacial score (nSPS) is 11.4. The number of aromatic nitrogens is 3.